The van der Waals surface area contributed by atoms with Crippen LogP contribution in [0.5, 0.6) is 11.5 Å². The predicted molar refractivity (Wildman–Crippen MR) is 104 cm³/mol. The summed E-state index contributed by atoms with van der Waals surface area (Å²) in [4.78, 5) is 8.35. The first-order valence-corrected chi connectivity index (χ1v) is 7.29. The van der Waals surface area contributed by atoms with E-state index in [1.54, 1.807) is 18.8 Å². The van der Waals surface area contributed by atoms with Gasteiger partial charge in [-0.1, -0.05) is 0 Å². The van der Waals surface area contributed by atoms with Crippen molar-refractivity contribution in [2.45, 2.75) is 13.5 Å². The van der Waals surface area contributed by atoms with Gasteiger partial charge in [0.1, 0.15) is 12.2 Å². The molecule has 0 bridgehead atoms. The number of nitrogens with zero attached hydrogens (tertiary/aromatic N) is 4. The summed E-state index contributed by atoms with van der Waals surface area (Å²) < 4.78 is 12.6. The number of aryl methyl sites for hydroxylation is 1. The van der Waals surface area contributed by atoms with Gasteiger partial charge >= 0.3 is 0 Å². The summed E-state index contributed by atoms with van der Waals surface area (Å²) >= 11 is 0. The van der Waals surface area contributed by atoms with Gasteiger partial charge in [0, 0.05) is 25.8 Å². The maximum absolute atomic E-state index is 5.51. The maximum atomic E-state index is 5.51. The molecule has 2 aromatic rings. The van der Waals surface area contributed by atoms with E-state index in [0.29, 0.717) is 30.6 Å². The standard InChI is InChI=1S/C15H22N6O2.HI/c1-5-23-12-7-6-11(8-13(12)22-4)20-15(16-2)17-9-14-18-10-19-21(14)3;/h6-8,10H,5,9H2,1-4H3,(H2,16,17,20);1H. The van der Waals surface area contributed by atoms with Gasteiger partial charge < -0.3 is 20.1 Å². The fourth-order valence-electron chi connectivity index (χ4n) is 1.98. The molecule has 0 saturated carbocycles. The molecular weight excluding hydrogens is 423 g/mol. The zero-order chi connectivity index (χ0) is 16.7. The number of anilines is 1. The minimum absolute atomic E-state index is 0. The Balaban J connectivity index is 0.00000288. The number of guanidine groups is 1. The lowest BCUT2D eigenvalue weighted by molar-refractivity contribution is 0.311. The highest BCUT2D eigenvalue weighted by molar-refractivity contribution is 14.0. The lowest BCUT2D eigenvalue weighted by Crippen LogP contribution is -2.31. The van der Waals surface area contributed by atoms with Crippen molar-refractivity contribution >= 4 is 35.6 Å². The van der Waals surface area contributed by atoms with E-state index in [4.69, 9.17) is 9.47 Å². The van der Waals surface area contributed by atoms with Gasteiger partial charge in [0.2, 0.25) is 0 Å². The molecule has 2 N–H and O–H groups in total. The van der Waals surface area contributed by atoms with Crippen molar-refractivity contribution in [3.05, 3.63) is 30.4 Å². The Morgan fingerprint density at radius 3 is 2.71 bits per heavy atom. The molecule has 24 heavy (non-hydrogen) atoms. The fraction of sp³-hybridized carbons (Fsp3) is 0.400. The van der Waals surface area contributed by atoms with Gasteiger partial charge in [-0.05, 0) is 19.1 Å². The Kier molecular flexibility index (Phi) is 8.30. The molecule has 1 aromatic heterocycles. The van der Waals surface area contributed by atoms with E-state index < -0.39 is 0 Å². The van der Waals surface area contributed by atoms with Crippen LogP contribution in [0.1, 0.15) is 12.7 Å². The second kappa shape index (κ2) is 9.96. The van der Waals surface area contributed by atoms with E-state index in [2.05, 4.69) is 25.7 Å². The van der Waals surface area contributed by atoms with Crippen LogP contribution in [0.15, 0.2) is 29.5 Å². The van der Waals surface area contributed by atoms with Crippen molar-refractivity contribution in [1.29, 1.82) is 0 Å². The minimum Gasteiger partial charge on any atom is -0.493 e. The third-order valence-corrected chi connectivity index (χ3v) is 3.17. The number of hydrogen-bond acceptors (Lipinski definition) is 5. The number of ether oxygens (including phenoxy) is 2. The maximum Gasteiger partial charge on any atom is 0.195 e. The van der Waals surface area contributed by atoms with Crippen LogP contribution in [0.3, 0.4) is 0 Å². The topological polar surface area (TPSA) is 85.6 Å². The summed E-state index contributed by atoms with van der Waals surface area (Å²) in [5.74, 6) is 2.82. The second-order valence-electron chi connectivity index (χ2n) is 4.65. The highest BCUT2D eigenvalue weighted by Crippen LogP contribution is 2.30. The Morgan fingerprint density at radius 2 is 2.12 bits per heavy atom. The summed E-state index contributed by atoms with van der Waals surface area (Å²) in [7, 11) is 5.16. The van der Waals surface area contributed by atoms with Crippen LogP contribution in [0.4, 0.5) is 5.69 Å². The lowest BCUT2D eigenvalue weighted by Gasteiger charge is -2.14. The molecule has 0 amide bonds. The number of halogens is 1. The molecule has 0 spiro atoms. The van der Waals surface area contributed by atoms with E-state index in [1.807, 2.05) is 32.2 Å². The predicted octanol–water partition coefficient (Wildman–Crippen LogP) is 2.03. The average Bonchev–Trinajstić information content (AvgIpc) is 2.98. The Labute approximate surface area is 158 Å². The number of rotatable bonds is 6. The van der Waals surface area contributed by atoms with Gasteiger partial charge in [0.25, 0.3) is 0 Å². The first kappa shape index (κ1) is 20.0. The van der Waals surface area contributed by atoms with Gasteiger partial charge in [-0.3, -0.25) is 9.67 Å². The Morgan fingerprint density at radius 1 is 1.33 bits per heavy atom. The second-order valence-corrected chi connectivity index (χ2v) is 4.65. The fourth-order valence-corrected chi connectivity index (χ4v) is 1.98. The SMILES string of the molecule is CCOc1ccc(NC(=NC)NCc2ncnn2C)cc1OC.I. The van der Waals surface area contributed by atoms with Crippen molar-refractivity contribution in [2.24, 2.45) is 12.0 Å². The number of benzene rings is 1. The normalized spacial score (nSPS) is 10.8. The van der Waals surface area contributed by atoms with Crippen molar-refractivity contribution < 1.29 is 9.47 Å². The molecule has 0 aliphatic rings. The number of aliphatic imine (C=N–C) groups is 1. The summed E-state index contributed by atoms with van der Waals surface area (Å²) in [5.41, 5.74) is 0.844. The van der Waals surface area contributed by atoms with Gasteiger partial charge in [-0.25, -0.2) is 4.98 Å². The third kappa shape index (κ3) is 5.25. The van der Waals surface area contributed by atoms with Gasteiger partial charge in [-0.2, -0.15) is 5.10 Å². The molecule has 0 fully saturated rings. The molecule has 0 atom stereocenters. The largest absolute Gasteiger partial charge is 0.493 e. The summed E-state index contributed by atoms with van der Waals surface area (Å²) in [5, 5.41) is 10.4. The molecule has 0 saturated heterocycles. The van der Waals surface area contributed by atoms with Crippen molar-refractivity contribution in [1.82, 2.24) is 20.1 Å². The first-order chi connectivity index (χ1) is 11.2. The van der Waals surface area contributed by atoms with E-state index in [-0.39, 0.29) is 24.0 Å². The molecule has 0 aliphatic carbocycles. The average molecular weight is 446 g/mol. The zero-order valence-electron chi connectivity index (χ0n) is 14.2. The minimum atomic E-state index is 0. The molecule has 8 nitrogen and oxygen atoms in total. The van der Waals surface area contributed by atoms with E-state index in [0.717, 1.165) is 11.5 Å². The molecule has 0 unspecified atom stereocenters. The van der Waals surface area contributed by atoms with Crippen LogP contribution < -0.4 is 20.1 Å². The zero-order valence-corrected chi connectivity index (χ0v) is 16.6. The summed E-state index contributed by atoms with van der Waals surface area (Å²) in [6.45, 7) is 3.04. The van der Waals surface area contributed by atoms with Crippen LogP contribution in [0.2, 0.25) is 0 Å². The molecule has 9 heteroatoms. The Bertz CT molecular complexity index is 674. The summed E-state index contributed by atoms with van der Waals surface area (Å²) in [6.07, 6.45) is 1.52. The van der Waals surface area contributed by atoms with Crippen molar-refractivity contribution in [3.8, 4) is 11.5 Å². The lowest BCUT2D eigenvalue weighted by atomic mass is 10.2. The molecular formula is C15H23IN6O2. The molecule has 132 valence electrons. The molecule has 2 rings (SSSR count). The number of hydrogen-bond donors (Lipinski definition) is 2. The van der Waals surface area contributed by atoms with E-state index in [9.17, 15) is 0 Å². The molecule has 1 heterocycles. The van der Waals surface area contributed by atoms with Gasteiger partial charge in [0.05, 0.1) is 20.3 Å². The van der Waals surface area contributed by atoms with Crippen LogP contribution in [0.25, 0.3) is 0 Å². The van der Waals surface area contributed by atoms with Crippen LogP contribution in [-0.4, -0.2) is 41.5 Å². The van der Waals surface area contributed by atoms with Crippen LogP contribution >= 0.6 is 24.0 Å². The smallest absolute Gasteiger partial charge is 0.195 e. The number of aromatic nitrogens is 3. The summed E-state index contributed by atoms with van der Waals surface area (Å²) in [6, 6.07) is 5.63. The molecule has 0 aliphatic heterocycles. The quantitative estimate of drug-likeness (QED) is 0.402. The van der Waals surface area contributed by atoms with Crippen molar-refractivity contribution in [2.75, 3.05) is 26.1 Å². The molecule has 0 radical (unpaired) electrons. The monoisotopic (exact) mass is 446 g/mol. The van der Waals surface area contributed by atoms with E-state index >= 15 is 0 Å². The Hall–Kier alpha value is -2.04. The van der Waals surface area contributed by atoms with Crippen molar-refractivity contribution in [3.63, 3.8) is 0 Å². The van der Waals surface area contributed by atoms with Crippen LogP contribution in [-0.2, 0) is 13.6 Å². The first-order valence-electron chi connectivity index (χ1n) is 7.29. The van der Waals surface area contributed by atoms with Gasteiger partial charge in [0.15, 0.2) is 17.5 Å². The van der Waals surface area contributed by atoms with Crippen LogP contribution in [0, 0.1) is 0 Å². The van der Waals surface area contributed by atoms with Gasteiger partial charge in [-0.15, -0.1) is 24.0 Å². The van der Waals surface area contributed by atoms with E-state index in [1.165, 1.54) is 6.33 Å². The third-order valence-electron chi connectivity index (χ3n) is 3.17. The highest BCUT2D eigenvalue weighted by Gasteiger charge is 2.07. The highest BCUT2D eigenvalue weighted by atomic mass is 127. The molecule has 1 aromatic carbocycles. The number of methoxy groups -OCH3 is 1. The number of nitrogens with one attached hydrogen (secondary N) is 2.